The number of nitrogens with one attached hydrogen (secondary N) is 1. The number of ether oxygens (including phenoxy) is 1. The summed E-state index contributed by atoms with van der Waals surface area (Å²) in [5, 5.41) is 27.5. The van der Waals surface area contributed by atoms with Crippen molar-refractivity contribution in [1.29, 1.82) is 0 Å². The summed E-state index contributed by atoms with van der Waals surface area (Å²) >= 11 is 0. The molecule has 23 heavy (non-hydrogen) atoms. The zero-order chi connectivity index (χ0) is 17.4. The Morgan fingerprint density at radius 2 is 1.91 bits per heavy atom. The third kappa shape index (κ3) is 6.62. The largest absolute Gasteiger partial charge is 0.491 e. The molecule has 0 fully saturated rings. The van der Waals surface area contributed by atoms with E-state index < -0.39 is 18.0 Å². The average molecular weight is 323 g/mol. The van der Waals surface area contributed by atoms with E-state index in [2.05, 4.69) is 5.32 Å². The Morgan fingerprint density at radius 3 is 2.43 bits per heavy atom. The summed E-state index contributed by atoms with van der Waals surface area (Å²) in [5.41, 5.74) is 1.69. The number of benzene rings is 1. The first-order valence-electron chi connectivity index (χ1n) is 6.66. The van der Waals surface area contributed by atoms with Crippen LogP contribution >= 0.6 is 0 Å². The Labute approximate surface area is 132 Å². The second-order valence-corrected chi connectivity index (χ2v) is 4.68. The quantitative estimate of drug-likeness (QED) is 0.585. The standard InChI is InChI=1S/C11H13NO3.C4H4O4/c1-7(13)6-15-10-4-2-3-9-8(10)5-11(14)12-9;5-3(6)1-2-4(7)8/h2-4,7,13H,5-6H2,1H3,(H,12,14);1-2H,(H,5,6)(H,7,8)/b;2-1+. The number of carboxylic acids is 2. The van der Waals surface area contributed by atoms with Gasteiger partial charge >= 0.3 is 11.9 Å². The van der Waals surface area contributed by atoms with E-state index in [4.69, 9.17) is 20.1 Å². The summed E-state index contributed by atoms with van der Waals surface area (Å²) in [6, 6.07) is 5.47. The molecule has 1 amide bonds. The normalized spacial score (nSPS) is 13.6. The maximum atomic E-state index is 11.2. The van der Waals surface area contributed by atoms with Crippen molar-refractivity contribution in [2.24, 2.45) is 0 Å². The van der Waals surface area contributed by atoms with Gasteiger partial charge in [0.05, 0.1) is 12.5 Å². The molecule has 8 heteroatoms. The van der Waals surface area contributed by atoms with Crippen LogP contribution in [-0.2, 0) is 20.8 Å². The minimum Gasteiger partial charge on any atom is -0.491 e. The summed E-state index contributed by atoms with van der Waals surface area (Å²) in [5.74, 6) is -1.86. The molecule has 0 aromatic heterocycles. The highest BCUT2D eigenvalue weighted by atomic mass is 16.5. The number of carbonyl (C=O) groups excluding carboxylic acids is 1. The van der Waals surface area contributed by atoms with E-state index in [1.54, 1.807) is 6.92 Å². The molecule has 8 nitrogen and oxygen atoms in total. The Balaban J connectivity index is 0.000000284. The van der Waals surface area contributed by atoms with Gasteiger partial charge in [-0.1, -0.05) is 6.07 Å². The summed E-state index contributed by atoms with van der Waals surface area (Å²) in [7, 11) is 0. The molecule has 0 radical (unpaired) electrons. The molecular formula is C15H17NO7. The number of amides is 1. The number of hydrogen-bond donors (Lipinski definition) is 4. The number of carboxylic acid groups (broad SMARTS) is 2. The lowest BCUT2D eigenvalue weighted by Crippen LogP contribution is -2.13. The van der Waals surface area contributed by atoms with E-state index in [0.29, 0.717) is 24.3 Å². The number of hydrogen-bond acceptors (Lipinski definition) is 5. The lowest BCUT2D eigenvalue weighted by molar-refractivity contribution is -0.134. The van der Waals surface area contributed by atoms with Gasteiger partial charge in [-0.05, 0) is 19.1 Å². The minimum atomic E-state index is -1.26. The molecule has 0 saturated heterocycles. The molecule has 1 heterocycles. The third-order valence-corrected chi connectivity index (χ3v) is 2.59. The van der Waals surface area contributed by atoms with E-state index in [-0.39, 0.29) is 12.5 Å². The second kappa shape index (κ2) is 8.54. The average Bonchev–Trinajstić information content (AvgIpc) is 2.84. The summed E-state index contributed by atoms with van der Waals surface area (Å²) in [6.45, 7) is 1.90. The van der Waals surface area contributed by atoms with Crippen molar-refractivity contribution in [3.05, 3.63) is 35.9 Å². The zero-order valence-electron chi connectivity index (χ0n) is 12.4. The number of carbonyl (C=O) groups is 3. The fraction of sp³-hybridized carbons (Fsp3) is 0.267. The molecule has 1 aromatic rings. The van der Waals surface area contributed by atoms with E-state index in [1.807, 2.05) is 18.2 Å². The molecule has 0 saturated carbocycles. The molecule has 2 rings (SSSR count). The van der Waals surface area contributed by atoms with Gasteiger partial charge in [-0.15, -0.1) is 0 Å². The van der Waals surface area contributed by atoms with Crippen LogP contribution in [0, 0.1) is 0 Å². The summed E-state index contributed by atoms with van der Waals surface area (Å²) in [6.07, 6.45) is 0.960. The molecule has 124 valence electrons. The minimum absolute atomic E-state index is 0.0157. The Kier molecular flexibility index (Phi) is 6.75. The van der Waals surface area contributed by atoms with E-state index >= 15 is 0 Å². The highest BCUT2D eigenvalue weighted by molar-refractivity contribution is 6.00. The molecule has 1 unspecified atom stereocenters. The fourth-order valence-electron chi connectivity index (χ4n) is 1.71. The van der Waals surface area contributed by atoms with Gasteiger partial charge in [0.1, 0.15) is 12.4 Å². The van der Waals surface area contributed by atoms with Gasteiger partial charge in [0.25, 0.3) is 0 Å². The highest BCUT2D eigenvalue weighted by Gasteiger charge is 2.21. The molecular weight excluding hydrogens is 306 g/mol. The monoisotopic (exact) mass is 323 g/mol. The van der Waals surface area contributed by atoms with Crippen LogP contribution in [0.15, 0.2) is 30.4 Å². The van der Waals surface area contributed by atoms with Crippen molar-refractivity contribution in [3.63, 3.8) is 0 Å². The van der Waals surface area contributed by atoms with Gasteiger partial charge in [0.15, 0.2) is 0 Å². The first-order chi connectivity index (χ1) is 10.8. The molecule has 0 bridgehead atoms. The van der Waals surface area contributed by atoms with Gasteiger partial charge in [0.2, 0.25) is 5.91 Å². The Morgan fingerprint density at radius 1 is 1.30 bits per heavy atom. The van der Waals surface area contributed by atoms with Gasteiger partial charge in [0, 0.05) is 23.4 Å². The molecule has 1 aliphatic heterocycles. The molecule has 1 aromatic carbocycles. The van der Waals surface area contributed by atoms with Crippen LogP contribution in [-0.4, -0.2) is 45.9 Å². The molecule has 1 aliphatic rings. The van der Waals surface area contributed by atoms with Gasteiger partial charge in [-0.2, -0.15) is 0 Å². The zero-order valence-corrected chi connectivity index (χ0v) is 12.4. The van der Waals surface area contributed by atoms with E-state index in [1.165, 1.54) is 0 Å². The maximum absolute atomic E-state index is 11.2. The van der Waals surface area contributed by atoms with E-state index in [0.717, 1.165) is 11.3 Å². The van der Waals surface area contributed by atoms with Crippen LogP contribution in [0.5, 0.6) is 5.75 Å². The van der Waals surface area contributed by atoms with Crippen molar-refractivity contribution in [2.75, 3.05) is 11.9 Å². The van der Waals surface area contributed by atoms with Crippen molar-refractivity contribution in [2.45, 2.75) is 19.4 Å². The van der Waals surface area contributed by atoms with E-state index in [9.17, 15) is 14.4 Å². The van der Waals surface area contributed by atoms with Crippen molar-refractivity contribution in [3.8, 4) is 5.75 Å². The van der Waals surface area contributed by atoms with Crippen LogP contribution in [0.1, 0.15) is 12.5 Å². The van der Waals surface area contributed by atoms with Crippen molar-refractivity contribution < 1.29 is 34.4 Å². The SMILES string of the molecule is CC(O)COc1cccc2c1CC(=O)N2.O=C(O)/C=C/C(=O)O. The Hall–Kier alpha value is -2.87. The van der Waals surface area contributed by atoms with Crippen LogP contribution in [0.4, 0.5) is 5.69 Å². The lowest BCUT2D eigenvalue weighted by Gasteiger charge is -2.10. The molecule has 1 atom stereocenters. The predicted octanol–water partition coefficient (Wildman–Crippen LogP) is 0.653. The first kappa shape index (κ1) is 18.2. The number of aliphatic hydroxyl groups excluding tert-OH is 1. The molecule has 0 aliphatic carbocycles. The number of aliphatic hydroxyl groups is 1. The van der Waals surface area contributed by atoms with Gasteiger partial charge in [-0.3, -0.25) is 4.79 Å². The van der Waals surface area contributed by atoms with Crippen LogP contribution < -0.4 is 10.1 Å². The second-order valence-electron chi connectivity index (χ2n) is 4.68. The topological polar surface area (TPSA) is 133 Å². The van der Waals surface area contributed by atoms with Crippen LogP contribution in [0.2, 0.25) is 0 Å². The number of anilines is 1. The molecule has 0 spiro atoms. The number of fused-ring (bicyclic) bond motifs is 1. The first-order valence-corrected chi connectivity index (χ1v) is 6.66. The summed E-state index contributed by atoms with van der Waals surface area (Å²) < 4.78 is 5.42. The van der Waals surface area contributed by atoms with Crippen LogP contribution in [0.25, 0.3) is 0 Å². The highest BCUT2D eigenvalue weighted by Crippen LogP contribution is 2.31. The van der Waals surface area contributed by atoms with Crippen molar-refractivity contribution in [1.82, 2.24) is 0 Å². The Bertz CT molecular complexity index is 606. The third-order valence-electron chi connectivity index (χ3n) is 2.59. The van der Waals surface area contributed by atoms with Crippen LogP contribution in [0.3, 0.4) is 0 Å². The molecule has 4 N–H and O–H groups in total. The van der Waals surface area contributed by atoms with Crippen molar-refractivity contribution >= 4 is 23.5 Å². The number of aliphatic carboxylic acids is 2. The smallest absolute Gasteiger partial charge is 0.328 e. The van der Waals surface area contributed by atoms with Gasteiger partial charge < -0.3 is 25.4 Å². The van der Waals surface area contributed by atoms with Gasteiger partial charge in [-0.25, -0.2) is 9.59 Å². The number of rotatable bonds is 5. The lowest BCUT2D eigenvalue weighted by atomic mass is 10.1. The maximum Gasteiger partial charge on any atom is 0.328 e. The predicted molar refractivity (Wildman–Crippen MR) is 80.4 cm³/mol. The fourth-order valence-corrected chi connectivity index (χ4v) is 1.71. The summed E-state index contributed by atoms with van der Waals surface area (Å²) in [4.78, 5) is 30.3.